The third-order valence-electron chi connectivity index (χ3n) is 6.24. The Morgan fingerprint density at radius 2 is 2.03 bits per heavy atom. The minimum atomic E-state index is -0.730. The van der Waals surface area contributed by atoms with Crippen LogP contribution in [0.25, 0.3) is 0 Å². The molecule has 2 unspecified atom stereocenters. The van der Waals surface area contributed by atoms with E-state index in [1.54, 1.807) is 35.5 Å². The van der Waals surface area contributed by atoms with Gasteiger partial charge in [0.15, 0.2) is 11.5 Å². The SMILES string of the molecule is O=C(Nc1ccc2c(c1)OCO2)C1C2C(=O)N(Cc3ccncc3)C[C@]23C=C[C@@H]1O3. The molecule has 152 valence electrons. The molecule has 0 saturated carbocycles. The van der Waals surface area contributed by atoms with Crippen molar-refractivity contribution in [2.24, 2.45) is 11.8 Å². The minimum absolute atomic E-state index is 0.0514. The highest BCUT2D eigenvalue weighted by molar-refractivity contribution is 5.99. The standard InChI is InChI=1S/C22H19N3O5/c26-20(24-14-1-2-15-17(9-14)29-12-28-15)18-16-3-6-22(30-16)11-25(21(27)19(18)22)10-13-4-7-23-8-5-13/h1-9,16,18-19H,10-12H2,(H,24,26)/t16-,18?,19?,22+/m0/s1. The average molecular weight is 405 g/mol. The van der Waals surface area contributed by atoms with Crippen LogP contribution in [-0.4, -0.2) is 46.7 Å². The van der Waals surface area contributed by atoms with E-state index in [0.717, 1.165) is 5.56 Å². The predicted molar refractivity (Wildman–Crippen MR) is 105 cm³/mol. The van der Waals surface area contributed by atoms with E-state index in [9.17, 15) is 9.59 Å². The number of nitrogens with one attached hydrogen (secondary N) is 1. The molecule has 4 aliphatic heterocycles. The number of rotatable bonds is 4. The van der Waals surface area contributed by atoms with Crippen molar-refractivity contribution >= 4 is 17.5 Å². The molecule has 4 atom stereocenters. The van der Waals surface area contributed by atoms with E-state index in [0.29, 0.717) is 30.3 Å². The normalized spacial score (nSPS) is 30.1. The summed E-state index contributed by atoms with van der Waals surface area (Å²) in [6.07, 6.45) is 6.88. The lowest BCUT2D eigenvalue weighted by Gasteiger charge is -2.23. The number of hydrogen-bond acceptors (Lipinski definition) is 6. The number of hydrogen-bond donors (Lipinski definition) is 1. The molecule has 1 aromatic heterocycles. The molecule has 2 amide bonds. The van der Waals surface area contributed by atoms with Crippen LogP contribution in [0.1, 0.15) is 5.56 Å². The Hall–Kier alpha value is -3.39. The zero-order chi connectivity index (χ0) is 20.3. The largest absolute Gasteiger partial charge is 0.454 e. The molecule has 2 saturated heterocycles. The van der Waals surface area contributed by atoms with Crippen molar-refractivity contribution in [3.05, 3.63) is 60.4 Å². The fourth-order valence-corrected chi connectivity index (χ4v) is 4.92. The van der Waals surface area contributed by atoms with E-state index in [1.807, 2.05) is 24.3 Å². The summed E-state index contributed by atoms with van der Waals surface area (Å²) in [5.41, 5.74) is 0.866. The van der Waals surface area contributed by atoms with E-state index < -0.39 is 23.5 Å². The molecule has 5 heterocycles. The van der Waals surface area contributed by atoms with Gasteiger partial charge < -0.3 is 24.4 Å². The first-order valence-corrected chi connectivity index (χ1v) is 9.88. The Balaban J connectivity index is 1.24. The molecule has 2 bridgehead atoms. The smallest absolute Gasteiger partial charge is 0.231 e. The van der Waals surface area contributed by atoms with Gasteiger partial charge in [-0.05, 0) is 29.8 Å². The van der Waals surface area contributed by atoms with Crippen molar-refractivity contribution in [2.45, 2.75) is 18.2 Å². The lowest BCUT2D eigenvalue weighted by Crippen LogP contribution is -2.41. The lowest BCUT2D eigenvalue weighted by molar-refractivity contribution is -0.136. The van der Waals surface area contributed by atoms with Crippen LogP contribution in [0.2, 0.25) is 0 Å². The number of benzene rings is 1. The van der Waals surface area contributed by atoms with Crippen molar-refractivity contribution in [3.8, 4) is 11.5 Å². The number of amides is 2. The van der Waals surface area contributed by atoms with Gasteiger partial charge >= 0.3 is 0 Å². The highest BCUT2D eigenvalue weighted by atomic mass is 16.7. The molecular weight excluding hydrogens is 386 g/mol. The van der Waals surface area contributed by atoms with Gasteiger partial charge in [0.2, 0.25) is 18.6 Å². The van der Waals surface area contributed by atoms with Gasteiger partial charge in [-0.15, -0.1) is 0 Å². The fourth-order valence-electron chi connectivity index (χ4n) is 4.92. The first-order chi connectivity index (χ1) is 14.6. The monoisotopic (exact) mass is 405 g/mol. The summed E-state index contributed by atoms with van der Waals surface area (Å²) in [6.45, 7) is 1.08. The number of aromatic nitrogens is 1. The molecule has 30 heavy (non-hydrogen) atoms. The second-order valence-electron chi connectivity index (χ2n) is 8.01. The Kier molecular flexibility index (Phi) is 3.67. The molecule has 8 nitrogen and oxygen atoms in total. The number of nitrogens with zero attached hydrogens (tertiary/aromatic N) is 2. The van der Waals surface area contributed by atoms with Crippen molar-refractivity contribution < 1.29 is 23.8 Å². The molecular formula is C22H19N3O5. The molecule has 2 aromatic rings. The van der Waals surface area contributed by atoms with Gasteiger partial charge in [0.05, 0.1) is 24.5 Å². The number of fused-ring (bicyclic) bond motifs is 2. The third-order valence-corrected chi connectivity index (χ3v) is 6.24. The maximum Gasteiger partial charge on any atom is 0.231 e. The minimum Gasteiger partial charge on any atom is -0.454 e. The van der Waals surface area contributed by atoms with Crippen LogP contribution in [0.5, 0.6) is 11.5 Å². The lowest BCUT2D eigenvalue weighted by atomic mass is 9.77. The third kappa shape index (κ3) is 2.53. The molecule has 4 aliphatic rings. The van der Waals surface area contributed by atoms with Gasteiger partial charge in [0, 0.05) is 30.7 Å². The Labute approximate surface area is 172 Å². The Morgan fingerprint density at radius 1 is 1.20 bits per heavy atom. The van der Waals surface area contributed by atoms with Gasteiger partial charge in [-0.1, -0.05) is 12.2 Å². The molecule has 2 fully saturated rings. The predicted octanol–water partition coefficient (Wildman–Crippen LogP) is 1.73. The van der Waals surface area contributed by atoms with E-state index >= 15 is 0 Å². The topological polar surface area (TPSA) is 90.0 Å². The molecule has 1 aromatic carbocycles. The number of anilines is 1. The quantitative estimate of drug-likeness (QED) is 0.780. The highest BCUT2D eigenvalue weighted by Crippen LogP contribution is 2.52. The number of pyridine rings is 1. The first kappa shape index (κ1) is 17.5. The van der Waals surface area contributed by atoms with Gasteiger partial charge in [-0.25, -0.2) is 0 Å². The Bertz CT molecular complexity index is 1070. The fraction of sp³-hybridized carbons (Fsp3) is 0.318. The number of ether oxygens (including phenoxy) is 3. The molecule has 1 spiro atoms. The van der Waals surface area contributed by atoms with E-state index in [1.165, 1.54) is 0 Å². The van der Waals surface area contributed by atoms with E-state index in [4.69, 9.17) is 14.2 Å². The van der Waals surface area contributed by atoms with Crippen LogP contribution < -0.4 is 14.8 Å². The summed E-state index contributed by atoms with van der Waals surface area (Å²) in [4.78, 5) is 32.2. The summed E-state index contributed by atoms with van der Waals surface area (Å²) in [5.74, 6) is -0.137. The number of likely N-dealkylation sites (tertiary alicyclic amines) is 1. The highest BCUT2D eigenvalue weighted by Gasteiger charge is 2.66. The van der Waals surface area contributed by atoms with E-state index in [2.05, 4.69) is 10.3 Å². The number of carbonyl (C=O) groups is 2. The van der Waals surface area contributed by atoms with Crippen LogP contribution in [0.4, 0.5) is 5.69 Å². The summed E-state index contributed by atoms with van der Waals surface area (Å²) < 4.78 is 16.9. The zero-order valence-electron chi connectivity index (χ0n) is 16.0. The summed E-state index contributed by atoms with van der Waals surface area (Å²) in [6, 6.07) is 9.02. The summed E-state index contributed by atoms with van der Waals surface area (Å²) >= 11 is 0. The second kappa shape index (κ2) is 6.30. The van der Waals surface area contributed by atoms with Crippen molar-refractivity contribution in [1.82, 2.24) is 9.88 Å². The van der Waals surface area contributed by atoms with Gasteiger partial charge in [0.1, 0.15) is 5.60 Å². The maximum atomic E-state index is 13.3. The van der Waals surface area contributed by atoms with E-state index in [-0.39, 0.29) is 18.6 Å². The second-order valence-corrected chi connectivity index (χ2v) is 8.01. The molecule has 1 N–H and O–H groups in total. The summed E-state index contributed by atoms with van der Waals surface area (Å²) in [5, 5.41) is 2.93. The van der Waals surface area contributed by atoms with Gasteiger partial charge in [-0.3, -0.25) is 14.6 Å². The Morgan fingerprint density at radius 3 is 2.90 bits per heavy atom. The van der Waals surface area contributed by atoms with Crippen LogP contribution in [-0.2, 0) is 20.9 Å². The van der Waals surface area contributed by atoms with Crippen LogP contribution >= 0.6 is 0 Å². The zero-order valence-corrected chi connectivity index (χ0v) is 16.0. The summed E-state index contributed by atoms with van der Waals surface area (Å²) in [7, 11) is 0. The first-order valence-electron chi connectivity index (χ1n) is 9.88. The van der Waals surface area contributed by atoms with Gasteiger partial charge in [0.25, 0.3) is 0 Å². The molecule has 6 rings (SSSR count). The maximum absolute atomic E-state index is 13.3. The van der Waals surface area contributed by atoms with Crippen LogP contribution in [0.15, 0.2) is 54.9 Å². The molecule has 0 aliphatic carbocycles. The van der Waals surface area contributed by atoms with Crippen molar-refractivity contribution in [3.63, 3.8) is 0 Å². The van der Waals surface area contributed by atoms with Crippen molar-refractivity contribution in [2.75, 3.05) is 18.7 Å². The number of carbonyl (C=O) groups excluding carboxylic acids is 2. The average Bonchev–Trinajstić information content (AvgIpc) is 3.50. The van der Waals surface area contributed by atoms with Crippen LogP contribution in [0.3, 0.4) is 0 Å². The van der Waals surface area contributed by atoms with Gasteiger partial charge in [-0.2, -0.15) is 0 Å². The molecule has 0 radical (unpaired) electrons. The van der Waals surface area contributed by atoms with Crippen LogP contribution in [0, 0.1) is 11.8 Å². The molecule has 8 heteroatoms. The van der Waals surface area contributed by atoms with Crippen molar-refractivity contribution in [1.29, 1.82) is 0 Å².